The Hall–Kier alpha value is -4.78. The van der Waals surface area contributed by atoms with Crippen LogP contribution >= 0.6 is 0 Å². The zero-order valence-corrected chi connectivity index (χ0v) is 19.9. The molecule has 0 unspecified atom stereocenters. The van der Waals surface area contributed by atoms with Gasteiger partial charge in [0.1, 0.15) is 11.7 Å². The van der Waals surface area contributed by atoms with Gasteiger partial charge in [0.05, 0.1) is 11.6 Å². The van der Waals surface area contributed by atoms with Crippen LogP contribution in [0.2, 0.25) is 0 Å². The number of anilines is 2. The number of aromatic carboxylic acids is 1. The second-order valence-corrected chi connectivity index (χ2v) is 9.00. The van der Waals surface area contributed by atoms with E-state index in [1.165, 1.54) is 10.5 Å². The summed E-state index contributed by atoms with van der Waals surface area (Å²) in [6, 6.07) is 12.0. The molecule has 4 aromatic rings. The van der Waals surface area contributed by atoms with Gasteiger partial charge in [-0.15, -0.1) is 0 Å². The zero-order valence-electron chi connectivity index (χ0n) is 19.9. The van der Waals surface area contributed by atoms with E-state index in [1.54, 1.807) is 36.2 Å². The minimum atomic E-state index is -1.08. The summed E-state index contributed by atoms with van der Waals surface area (Å²) in [5, 5.41) is 22.6. The van der Waals surface area contributed by atoms with E-state index in [0.717, 1.165) is 17.7 Å². The van der Waals surface area contributed by atoms with Crippen molar-refractivity contribution < 1.29 is 18.7 Å². The molecule has 5 rings (SSSR count). The summed E-state index contributed by atoms with van der Waals surface area (Å²) in [5.74, 6) is -2.90. The highest BCUT2D eigenvalue weighted by Crippen LogP contribution is 2.32. The van der Waals surface area contributed by atoms with E-state index in [1.807, 2.05) is 19.1 Å². The van der Waals surface area contributed by atoms with Gasteiger partial charge in [0, 0.05) is 30.5 Å². The lowest BCUT2D eigenvalue weighted by Crippen LogP contribution is -2.27. The van der Waals surface area contributed by atoms with Crippen LogP contribution < -0.4 is 15.8 Å². The van der Waals surface area contributed by atoms with Gasteiger partial charge in [-0.05, 0) is 60.9 Å². The number of para-hydroxylation sites is 1. The van der Waals surface area contributed by atoms with E-state index < -0.39 is 29.2 Å². The summed E-state index contributed by atoms with van der Waals surface area (Å²) in [5.41, 5.74) is 2.47. The molecule has 186 valence electrons. The highest BCUT2D eigenvalue weighted by Gasteiger charge is 2.27. The molecule has 0 fully saturated rings. The zero-order chi connectivity index (χ0) is 26.4. The average molecular weight is 501 g/mol. The number of nitriles is 1. The number of hydrogen-bond donors (Lipinski definition) is 2. The van der Waals surface area contributed by atoms with Crippen LogP contribution in [0.25, 0.3) is 5.65 Å². The number of aryl methyl sites for hydroxylation is 1. The van der Waals surface area contributed by atoms with Crippen molar-refractivity contribution in [2.75, 3.05) is 10.2 Å². The predicted molar refractivity (Wildman–Crippen MR) is 133 cm³/mol. The topological polar surface area (TPSA) is 111 Å². The average Bonchev–Trinajstić information content (AvgIpc) is 3.26. The van der Waals surface area contributed by atoms with Crippen molar-refractivity contribution >= 4 is 23.1 Å². The maximum Gasteiger partial charge on any atom is 0.337 e. The molecule has 2 aromatic carbocycles. The molecule has 0 saturated heterocycles. The van der Waals surface area contributed by atoms with Crippen molar-refractivity contribution in [3.8, 4) is 6.07 Å². The molecule has 0 bridgehead atoms. The number of carboxylic acid groups (broad SMARTS) is 1. The summed E-state index contributed by atoms with van der Waals surface area (Å²) in [6.07, 6.45) is 1.58. The quantitative estimate of drug-likeness (QED) is 0.413. The lowest BCUT2D eigenvalue weighted by atomic mass is 10.1. The monoisotopic (exact) mass is 501 g/mol. The molecule has 2 aromatic heterocycles. The molecule has 0 aliphatic carbocycles. The third-order valence-corrected chi connectivity index (χ3v) is 6.44. The number of nitrogens with one attached hydrogen (secondary N) is 1. The molecule has 3 heterocycles. The van der Waals surface area contributed by atoms with Gasteiger partial charge in [-0.3, -0.25) is 9.20 Å². The second kappa shape index (κ2) is 9.02. The van der Waals surface area contributed by atoms with Crippen LogP contribution in [-0.4, -0.2) is 20.5 Å². The number of nitrogens with zero attached hydrogens (tertiary/aromatic N) is 4. The number of aromatic nitrogens is 2. The number of benzene rings is 2. The summed E-state index contributed by atoms with van der Waals surface area (Å²) < 4.78 is 28.9. The first kappa shape index (κ1) is 23.9. The Bertz CT molecular complexity index is 1660. The number of rotatable bonds is 5. The Labute approximate surface area is 210 Å². The lowest BCUT2D eigenvalue weighted by molar-refractivity contribution is 0.0698. The smallest absolute Gasteiger partial charge is 0.337 e. The van der Waals surface area contributed by atoms with Gasteiger partial charge in [-0.25, -0.2) is 18.6 Å². The number of pyridine rings is 1. The fourth-order valence-corrected chi connectivity index (χ4v) is 4.69. The van der Waals surface area contributed by atoms with E-state index in [0.29, 0.717) is 22.4 Å². The molecule has 10 heteroatoms. The number of hydrogen-bond acceptors (Lipinski definition) is 6. The fraction of sp³-hybridized carbons (Fsp3) is 0.185. The molecule has 0 saturated carbocycles. The van der Waals surface area contributed by atoms with Gasteiger partial charge in [-0.2, -0.15) is 5.26 Å². The van der Waals surface area contributed by atoms with E-state index in [9.17, 15) is 28.7 Å². The Kier molecular flexibility index (Phi) is 5.84. The minimum absolute atomic E-state index is 0.0955. The van der Waals surface area contributed by atoms with Crippen LogP contribution in [0, 0.1) is 29.9 Å². The summed E-state index contributed by atoms with van der Waals surface area (Å²) in [4.78, 5) is 31.4. The van der Waals surface area contributed by atoms with Crippen LogP contribution in [0.4, 0.5) is 20.3 Å². The van der Waals surface area contributed by atoms with Crippen molar-refractivity contribution in [2.45, 2.75) is 33.0 Å². The molecular formula is C27H21F2N5O3. The van der Waals surface area contributed by atoms with Crippen LogP contribution in [0.5, 0.6) is 0 Å². The van der Waals surface area contributed by atoms with Gasteiger partial charge >= 0.3 is 5.97 Å². The Morgan fingerprint density at radius 2 is 1.81 bits per heavy atom. The normalized spacial score (nSPS) is 13.3. The van der Waals surface area contributed by atoms with Crippen LogP contribution in [0.15, 0.2) is 53.5 Å². The van der Waals surface area contributed by atoms with E-state index in [2.05, 4.69) is 5.32 Å². The van der Waals surface area contributed by atoms with Crippen LogP contribution in [-0.2, 0) is 13.1 Å². The van der Waals surface area contributed by atoms with Crippen molar-refractivity contribution in [3.63, 3.8) is 0 Å². The molecule has 0 amide bonds. The van der Waals surface area contributed by atoms with Gasteiger partial charge in [0.2, 0.25) is 0 Å². The minimum Gasteiger partial charge on any atom is -0.478 e. The summed E-state index contributed by atoms with van der Waals surface area (Å²) in [6.45, 7) is 3.93. The molecule has 1 aliphatic heterocycles. The molecule has 8 nitrogen and oxygen atoms in total. The maximum absolute atomic E-state index is 13.8. The fourth-order valence-electron chi connectivity index (χ4n) is 4.69. The second-order valence-electron chi connectivity index (χ2n) is 9.00. The van der Waals surface area contributed by atoms with Gasteiger partial charge in [-0.1, -0.05) is 12.1 Å². The Balaban J connectivity index is 1.63. The maximum atomic E-state index is 13.8. The number of carbonyl (C=O) groups is 1. The first-order valence-electron chi connectivity index (χ1n) is 11.5. The summed E-state index contributed by atoms with van der Waals surface area (Å²) >= 11 is 0. The molecule has 37 heavy (non-hydrogen) atoms. The predicted octanol–water partition coefficient (Wildman–Crippen LogP) is 4.54. The first-order valence-corrected chi connectivity index (χ1v) is 11.5. The molecule has 2 N–H and O–H groups in total. The SMILES string of the molecule is Cc1cc([C@@H](C)Nc2ccccc2C(=O)O)c2nc(N3Cc4cc(F)c(F)cc4C3)c(C#N)c(=O)n2c1. The summed E-state index contributed by atoms with van der Waals surface area (Å²) in [7, 11) is 0. The molecule has 1 aliphatic rings. The van der Waals surface area contributed by atoms with E-state index in [-0.39, 0.29) is 35.7 Å². The molecular weight excluding hydrogens is 480 g/mol. The Morgan fingerprint density at radius 1 is 1.16 bits per heavy atom. The van der Waals surface area contributed by atoms with Crippen molar-refractivity contribution in [2.24, 2.45) is 0 Å². The highest BCUT2D eigenvalue weighted by atomic mass is 19.2. The number of halogens is 2. The van der Waals surface area contributed by atoms with Crippen LogP contribution in [0.1, 0.15) is 51.1 Å². The van der Waals surface area contributed by atoms with E-state index >= 15 is 0 Å². The van der Waals surface area contributed by atoms with Crippen LogP contribution in [0.3, 0.4) is 0 Å². The van der Waals surface area contributed by atoms with E-state index in [4.69, 9.17) is 4.98 Å². The van der Waals surface area contributed by atoms with Gasteiger partial charge in [0.25, 0.3) is 5.56 Å². The molecule has 0 radical (unpaired) electrons. The van der Waals surface area contributed by atoms with Crippen molar-refractivity contribution in [1.29, 1.82) is 5.26 Å². The molecule has 0 spiro atoms. The standard InChI is InChI=1S/C27H21F2N5O3/c1-14-7-19(15(2)31-23-6-4-3-5-18(23)27(36)37)25-32-24(20(10-30)26(35)34(25)11-14)33-12-16-8-21(28)22(29)9-17(16)13-33/h3-9,11,15,31H,12-13H2,1-2H3,(H,36,37)/t15-/m1/s1. The third kappa shape index (κ3) is 4.14. The lowest BCUT2D eigenvalue weighted by Gasteiger charge is -2.22. The number of fused-ring (bicyclic) bond motifs is 2. The van der Waals surface area contributed by atoms with Crippen molar-refractivity contribution in [3.05, 3.63) is 104 Å². The Morgan fingerprint density at radius 3 is 2.43 bits per heavy atom. The largest absolute Gasteiger partial charge is 0.478 e. The van der Waals surface area contributed by atoms with Gasteiger partial charge in [0.15, 0.2) is 23.0 Å². The molecule has 1 atom stereocenters. The number of carboxylic acids is 1. The first-order chi connectivity index (χ1) is 17.7. The van der Waals surface area contributed by atoms with Gasteiger partial charge < -0.3 is 15.3 Å². The third-order valence-electron chi connectivity index (χ3n) is 6.44. The highest BCUT2D eigenvalue weighted by molar-refractivity contribution is 5.94. The van der Waals surface area contributed by atoms with Crippen molar-refractivity contribution in [1.82, 2.24) is 9.38 Å².